The summed E-state index contributed by atoms with van der Waals surface area (Å²) >= 11 is 0. The lowest BCUT2D eigenvalue weighted by atomic mass is 9.93. The second-order valence-corrected chi connectivity index (χ2v) is 5.81. The van der Waals surface area contributed by atoms with E-state index in [1.165, 1.54) is 0 Å². The topological polar surface area (TPSA) is 58.6 Å². The first-order valence-corrected chi connectivity index (χ1v) is 7.27. The molecular formula is C16H22N2O3. The van der Waals surface area contributed by atoms with Crippen LogP contribution in [0.4, 0.5) is 11.4 Å². The Morgan fingerprint density at radius 1 is 1.38 bits per heavy atom. The van der Waals surface area contributed by atoms with E-state index in [0.29, 0.717) is 31.0 Å². The Kier molecular flexibility index (Phi) is 4.21. The van der Waals surface area contributed by atoms with Gasteiger partial charge in [-0.25, -0.2) is 0 Å². The second kappa shape index (κ2) is 5.76. The molecule has 0 unspecified atom stereocenters. The molecule has 21 heavy (non-hydrogen) atoms. The van der Waals surface area contributed by atoms with Gasteiger partial charge >= 0.3 is 0 Å². The van der Waals surface area contributed by atoms with Crippen LogP contribution in [0.15, 0.2) is 18.2 Å². The van der Waals surface area contributed by atoms with Gasteiger partial charge in [0.2, 0.25) is 11.8 Å². The van der Waals surface area contributed by atoms with Gasteiger partial charge in [0, 0.05) is 24.7 Å². The Morgan fingerprint density at radius 3 is 2.71 bits per heavy atom. The minimum atomic E-state index is -0.568. The van der Waals surface area contributed by atoms with Crippen LogP contribution in [0.5, 0.6) is 5.75 Å². The third-order valence-corrected chi connectivity index (χ3v) is 3.58. The number of hydrogen-bond donors (Lipinski definition) is 1. The van der Waals surface area contributed by atoms with E-state index in [-0.39, 0.29) is 11.8 Å². The van der Waals surface area contributed by atoms with Crippen molar-refractivity contribution < 1.29 is 14.3 Å². The van der Waals surface area contributed by atoms with Crippen molar-refractivity contribution in [3.63, 3.8) is 0 Å². The molecule has 1 aliphatic rings. The lowest BCUT2D eigenvalue weighted by molar-refractivity contribution is -0.127. The number of ether oxygens (including phenoxy) is 1. The van der Waals surface area contributed by atoms with E-state index < -0.39 is 5.41 Å². The highest BCUT2D eigenvalue weighted by atomic mass is 16.5. The van der Waals surface area contributed by atoms with Crippen LogP contribution >= 0.6 is 0 Å². The second-order valence-electron chi connectivity index (χ2n) is 5.81. The molecule has 2 rings (SSSR count). The van der Waals surface area contributed by atoms with E-state index in [1.54, 1.807) is 24.0 Å². The molecule has 0 saturated heterocycles. The molecule has 0 fully saturated rings. The lowest BCUT2D eigenvalue weighted by Crippen LogP contribution is -2.42. The molecule has 1 heterocycles. The highest BCUT2D eigenvalue weighted by molar-refractivity contribution is 6.00. The van der Waals surface area contributed by atoms with Crippen molar-refractivity contribution in [2.45, 2.75) is 34.1 Å². The molecule has 0 aromatic heterocycles. The standard InChI is InChI=1S/C16H22N2O3/c1-5-14(19)17-11-7-8-12-13(9-11)21-10-16(3,4)15(20)18(12)6-2/h7-9H,5-6,10H2,1-4H3,(H,17,19). The van der Waals surface area contributed by atoms with Gasteiger partial charge in [0.25, 0.3) is 0 Å². The van der Waals surface area contributed by atoms with Crippen LogP contribution in [-0.2, 0) is 9.59 Å². The zero-order valence-corrected chi connectivity index (χ0v) is 13.0. The van der Waals surface area contributed by atoms with Gasteiger partial charge in [-0.1, -0.05) is 6.92 Å². The van der Waals surface area contributed by atoms with Gasteiger partial charge in [-0.15, -0.1) is 0 Å². The summed E-state index contributed by atoms with van der Waals surface area (Å²) in [6, 6.07) is 5.40. The fraction of sp³-hybridized carbons (Fsp3) is 0.500. The Labute approximate surface area is 125 Å². The predicted octanol–water partition coefficient (Wildman–Crippen LogP) is 2.81. The molecule has 0 spiro atoms. The monoisotopic (exact) mass is 290 g/mol. The molecule has 0 radical (unpaired) electrons. The Hall–Kier alpha value is -2.04. The van der Waals surface area contributed by atoms with Gasteiger partial charge < -0.3 is 15.0 Å². The van der Waals surface area contributed by atoms with Crippen molar-refractivity contribution in [1.29, 1.82) is 0 Å². The van der Waals surface area contributed by atoms with E-state index in [9.17, 15) is 9.59 Å². The Morgan fingerprint density at radius 2 is 2.10 bits per heavy atom. The number of anilines is 2. The van der Waals surface area contributed by atoms with Crippen LogP contribution in [0, 0.1) is 5.41 Å². The molecule has 5 nitrogen and oxygen atoms in total. The Balaban J connectivity index is 2.38. The normalized spacial score (nSPS) is 16.8. The number of hydrogen-bond acceptors (Lipinski definition) is 3. The number of amides is 2. The third kappa shape index (κ3) is 3.01. The van der Waals surface area contributed by atoms with E-state index in [0.717, 1.165) is 5.69 Å². The molecule has 5 heteroatoms. The number of carbonyl (C=O) groups excluding carboxylic acids is 2. The molecule has 114 valence electrons. The molecule has 0 aliphatic carbocycles. The SMILES string of the molecule is CCC(=O)Nc1ccc2c(c1)OCC(C)(C)C(=O)N2CC. The van der Waals surface area contributed by atoms with Gasteiger partial charge in [-0.05, 0) is 32.9 Å². The van der Waals surface area contributed by atoms with E-state index in [1.807, 2.05) is 26.8 Å². The molecular weight excluding hydrogens is 268 g/mol. The first-order valence-electron chi connectivity index (χ1n) is 7.27. The molecule has 1 aromatic rings. The van der Waals surface area contributed by atoms with Crippen molar-refractivity contribution in [3.05, 3.63) is 18.2 Å². The minimum Gasteiger partial charge on any atom is -0.490 e. The maximum absolute atomic E-state index is 12.5. The summed E-state index contributed by atoms with van der Waals surface area (Å²) in [5.41, 5.74) is 0.869. The van der Waals surface area contributed by atoms with Crippen LogP contribution in [0.3, 0.4) is 0 Å². The predicted molar refractivity (Wildman–Crippen MR) is 82.7 cm³/mol. The van der Waals surface area contributed by atoms with Gasteiger partial charge in [0.05, 0.1) is 11.1 Å². The molecule has 1 aromatic carbocycles. The zero-order chi connectivity index (χ0) is 15.6. The molecule has 0 saturated carbocycles. The largest absolute Gasteiger partial charge is 0.490 e. The number of nitrogens with one attached hydrogen (secondary N) is 1. The van der Waals surface area contributed by atoms with Crippen LogP contribution in [0.25, 0.3) is 0 Å². The van der Waals surface area contributed by atoms with Gasteiger partial charge in [-0.2, -0.15) is 0 Å². The van der Waals surface area contributed by atoms with E-state index >= 15 is 0 Å². The summed E-state index contributed by atoms with van der Waals surface area (Å²) in [4.78, 5) is 25.8. The summed E-state index contributed by atoms with van der Waals surface area (Å²) in [5.74, 6) is 0.631. The van der Waals surface area contributed by atoms with Crippen molar-refractivity contribution >= 4 is 23.2 Å². The highest BCUT2D eigenvalue weighted by Crippen LogP contribution is 2.37. The first-order chi connectivity index (χ1) is 9.89. The number of nitrogens with zero attached hydrogens (tertiary/aromatic N) is 1. The molecule has 0 bridgehead atoms. The summed E-state index contributed by atoms with van der Waals surface area (Å²) in [6.07, 6.45) is 0.421. The number of benzene rings is 1. The Bertz CT molecular complexity index is 567. The molecule has 0 atom stereocenters. The van der Waals surface area contributed by atoms with Gasteiger partial charge in [0.1, 0.15) is 12.4 Å². The maximum Gasteiger partial charge on any atom is 0.236 e. The average Bonchev–Trinajstić information content (AvgIpc) is 2.55. The minimum absolute atomic E-state index is 0.0488. The third-order valence-electron chi connectivity index (χ3n) is 3.58. The fourth-order valence-corrected chi connectivity index (χ4v) is 2.29. The summed E-state index contributed by atoms with van der Waals surface area (Å²) < 4.78 is 5.81. The van der Waals surface area contributed by atoms with Gasteiger partial charge in [0.15, 0.2) is 0 Å². The van der Waals surface area contributed by atoms with E-state index in [2.05, 4.69) is 5.32 Å². The molecule has 1 N–H and O–H groups in total. The number of fused-ring (bicyclic) bond motifs is 1. The first kappa shape index (κ1) is 15.4. The maximum atomic E-state index is 12.5. The lowest BCUT2D eigenvalue weighted by Gasteiger charge is -2.26. The molecule has 2 amide bonds. The van der Waals surface area contributed by atoms with Crippen molar-refractivity contribution in [2.24, 2.45) is 5.41 Å². The highest BCUT2D eigenvalue weighted by Gasteiger charge is 2.37. The van der Waals surface area contributed by atoms with Gasteiger partial charge in [-0.3, -0.25) is 9.59 Å². The van der Waals surface area contributed by atoms with Crippen molar-refractivity contribution in [3.8, 4) is 5.75 Å². The van der Waals surface area contributed by atoms with Crippen molar-refractivity contribution in [1.82, 2.24) is 0 Å². The van der Waals surface area contributed by atoms with Crippen LogP contribution in [-0.4, -0.2) is 25.0 Å². The number of rotatable bonds is 3. The zero-order valence-electron chi connectivity index (χ0n) is 13.0. The van der Waals surface area contributed by atoms with Crippen LogP contribution in [0.1, 0.15) is 34.1 Å². The van der Waals surface area contributed by atoms with E-state index in [4.69, 9.17) is 4.74 Å². The summed E-state index contributed by atoms with van der Waals surface area (Å²) in [6.45, 7) is 8.40. The molecule has 1 aliphatic heterocycles. The summed E-state index contributed by atoms with van der Waals surface area (Å²) in [5, 5.41) is 2.80. The smallest absolute Gasteiger partial charge is 0.236 e. The quantitative estimate of drug-likeness (QED) is 0.931. The van der Waals surface area contributed by atoms with Crippen molar-refractivity contribution in [2.75, 3.05) is 23.4 Å². The number of carbonyl (C=O) groups is 2. The average molecular weight is 290 g/mol. The van der Waals surface area contributed by atoms with Crippen LogP contribution in [0.2, 0.25) is 0 Å². The fourth-order valence-electron chi connectivity index (χ4n) is 2.29. The summed E-state index contributed by atoms with van der Waals surface area (Å²) in [7, 11) is 0. The van der Waals surface area contributed by atoms with Crippen LogP contribution < -0.4 is 15.0 Å².